The molecule has 0 bridgehead atoms. The summed E-state index contributed by atoms with van der Waals surface area (Å²) in [6.07, 6.45) is 1.86. The van der Waals surface area contributed by atoms with E-state index in [1.54, 1.807) is 7.11 Å². The maximum absolute atomic E-state index is 5.40. The number of benzene rings is 1. The van der Waals surface area contributed by atoms with E-state index in [1.165, 1.54) is 0 Å². The fourth-order valence-corrected chi connectivity index (χ4v) is 1.91. The van der Waals surface area contributed by atoms with E-state index in [2.05, 4.69) is 27.6 Å². The number of methoxy groups -OCH3 is 1. The molecule has 0 saturated carbocycles. The number of hydrogen-bond acceptors (Lipinski definition) is 4. The van der Waals surface area contributed by atoms with Crippen LogP contribution in [-0.2, 0) is 16.0 Å². The highest BCUT2D eigenvalue weighted by molar-refractivity contribution is 5.62. The van der Waals surface area contributed by atoms with Crippen molar-refractivity contribution in [2.75, 3.05) is 33.5 Å². The quantitative estimate of drug-likeness (QED) is 0.685. The first-order valence-corrected chi connectivity index (χ1v) is 6.77. The van der Waals surface area contributed by atoms with Gasteiger partial charge in [0.05, 0.1) is 31.7 Å². The molecule has 0 amide bonds. The zero-order valence-corrected chi connectivity index (χ0v) is 11.8. The van der Waals surface area contributed by atoms with Gasteiger partial charge in [0.15, 0.2) is 0 Å². The van der Waals surface area contributed by atoms with Gasteiger partial charge in [0.1, 0.15) is 0 Å². The van der Waals surface area contributed by atoms with Crippen LogP contribution in [-0.4, -0.2) is 43.7 Å². The molecule has 5 nitrogen and oxygen atoms in total. The van der Waals surface area contributed by atoms with Gasteiger partial charge < -0.3 is 14.8 Å². The topological polar surface area (TPSA) is 59.2 Å². The molecule has 0 saturated heterocycles. The number of aromatic nitrogens is 2. The van der Waals surface area contributed by atoms with Gasteiger partial charge in [0.2, 0.25) is 0 Å². The van der Waals surface area contributed by atoms with Crippen LogP contribution >= 0.6 is 0 Å². The molecule has 0 spiro atoms. The Morgan fingerprint density at radius 3 is 2.80 bits per heavy atom. The van der Waals surface area contributed by atoms with Gasteiger partial charge in [-0.25, -0.2) is 0 Å². The Morgan fingerprint density at radius 1 is 1.15 bits per heavy atom. The molecule has 0 fully saturated rings. The Bertz CT molecular complexity index is 485. The Hall–Kier alpha value is -1.69. The zero-order valence-electron chi connectivity index (χ0n) is 11.8. The summed E-state index contributed by atoms with van der Waals surface area (Å²) in [5.74, 6) is 0. The van der Waals surface area contributed by atoms with Crippen LogP contribution in [0.25, 0.3) is 11.3 Å². The fourth-order valence-electron chi connectivity index (χ4n) is 1.91. The predicted molar refractivity (Wildman–Crippen MR) is 78.4 cm³/mol. The predicted octanol–water partition coefficient (Wildman–Crippen LogP) is 1.83. The molecule has 20 heavy (non-hydrogen) atoms. The van der Waals surface area contributed by atoms with E-state index in [4.69, 9.17) is 9.47 Å². The summed E-state index contributed by atoms with van der Waals surface area (Å²) >= 11 is 0. The molecule has 1 heterocycles. The molecule has 1 aromatic carbocycles. The van der Waals surface area contributed by atoms with Crippen LogP contribution in [0.2, 0.25) is 0 Å². The number of hydrogen-bond donors (Lipinski definition) is 2. The van der Waals surface area contributed by atoms with Crippen LogP contribution in [0.15, 0.2) is 36.5 Å². The monoisotopic (exact) mass is 275 g/mol. The van der Waals surface area contributed by atoms with E-state index >= 15 is 0 Å². The SMILES string of the molecule is COCCOCCNCc1cn[nH]c1-c1ccccc1. The number of H-pyrrole nitrogens is 1. The summed E-state index contributed by atoms with van der Waals surface area (Å²) in [6.45, 7) is 3.54. The summed E-state index contributed by atoms with van der Waals surface area (Å²) in [5, 5.41) is 10.5. The Kier molecular flexibility index (Phi) is 6.23. The molecule has 2 rings (SSSR count). The van der Waals surface area contributed by atoms with Crippen molar-refractivity contribution < 1.29 is 9.47 Å². The lowest BCUT2D eigenvalue weighted by atomic mass is 10.1. The third-order valence-corrected chi connectivity index (χ3v) is 2.95. The Morgan fingerprint density at radius 2 is 2.00 bits per heavy atom. The summed E-state index contributed by atoms with van der Waals surface area (Å²) in [7, 11) is 1.67. The molecule has 0 radical (unpaired) electrons. The molecular formula is C15H21N3O2. The smallest absolute Gasteiger partial charge is 0.0700 e. The molecule has 0 atom stereocenters. The third kappa shape index (κ3) is 4.45. The molecule has 2 N–H and O–H groups in total. The highest BCUT2D eigenvalue weighted by Crippen LogP contribution is 2.20. The molecule has 2 aromatic rings. The van der Waals surface area contributed by atoms with Gasteiger partial charge in [-0.15, -0.1) is 0 Å². The van der Waals surface area contributed by atoms with Gasteiger partial charge in [0.25, 0.3) is 0 Å². The maximum Gasteiger partial charge on any atom is 0.0700 e. The molecule has 0 aliphatic heterocycles. The second kappa shape index (κ2) is 8.47. The van der Waals surface area contributed by atoms with Crippen LogP contribution in [0.3, 0.4) is 0 Å². The number of rotatable bonds is 9. The Balaban J connectivity index is 1.76. The molecule has 0 aliphatic carbocycles. The lowest BCUT2D eigenvalue weighted by Gasteiger charge is -2.06. The lowest BCUT2D eigenvalue weighted by Crippen LogP contribution is -2.20. The molecule has 1 aromatic heterocycles. The van der Waals surface area contributed by atoms with E-state index in [1.807, 2.05) is 24.4 Å². The fraction of sp³-hybridized carbons (Fsp3) is 0.400. The van der Waals surface area contributed by atoms with Gasteiger partial charge in [-0.3, -0.25) is 5.10 Å². The van der Waals surface area contributed by atoms with Crippen LogP contribution in [0.4, 0.5) is 0 Å². The number of ether oxygens (including phenoxy) is 2. The van der Waals surface area contributed by atoms with E-state index in [9.17, 15) is 0 Å². The second-order valence-electron chi connectivity index (χ2n) is 4.42. The number of nitrogens with zero attached hydrogens (tertiary/aromatic N) is 1. The normalized spacial score (nSPS) is 10.8. The standard InChI is InChI=1S/C15H21N3O2/c1-19-9-10-20-8-7-16-11-14-12-17-18-15(14)13-5-3-2-4-6-13/h2-6,12,16H,7-11H2,1H3,(H,17,18). The largest absolute Gasteiger partial charge is 0.382 e. The second-order valence-corrected chi connectivity index (χ2v) is 4.42. The van der Waals surface area contributed by atoms with Crippen molar-refractivity contribution in [1.82, 2.24) is 15.5 Å². The van der Waals surface area contributed by atoms with Crippen LogP contribution in [0.1, 0.15) is 5.56 Å². The third-order valence-electron chi connectivity index (χ3n) is 2.95. The first-order chi connectivity index (χ1) is 9.92. The minimum Gasteiger partial charge on any atom is -0.382 e. The molecule has 0 aliphatic rings. The first-order valence-electron chi connectivity index (χ1n) is 6.77. The van der Waals surface area contributed by atoms with Crippen molar-refractivity contribution in [1.29, 1.82) is 0 Å². The highest BCUT2D eigenvalue weighted by atomic mass is 16.5. The number of aromatic amines is 1. The molecule has 0 unspecified atom stereocenters. The average molecular weight is 275 g/mol. The van der Waals surface area contributed by atoms with Crippen LogP contribution < -0.4 is 5.32 Å². The summed E-state index contributed by atoms with van der Waals surface area (Å²) in [5.41, 5.74) is 3.38. The first kappa shape index (κ1) is 14.7. The van der Waals surface area contributed by atoms with Gasteiger partial charge in [-0.1, -0.05) is 30.3 Å². The van der Waals surface area contributed by atoms with Gasteiger partial charge in [-0.05, 0) is 5.56 Å². The van der Waals surface area contributed by atoms with Crippen molar-refractivity contribution in [2.45, 2.75) is 6.54 Å². The van der Waals surface area contributed by atoms with Crippen LogP contribution in [0.5, 0.6) is 0 Å². The lowest BCUT2D eigenvalue weighted by molar-refractivity contribution is 0.0719. The summed E-state index contributed by atoms with van der Waals surface area (Å²) < 4.78 is 10.3. The summed E-state index contributed by atoms with van der Waals surface area (Å²) in [4.78, 5) is 0. The van der Waals surface area contributed by atoms with E-state index in [0.29, 0.717) is 19.8 Å². The van der Waals surface area contributed by atoms with Gasteiger partial charge >= 0.3 is 0 Å². The summed E-state index contributed by atoms with van der Waals surface area (Å²) in [6, 6.07) is 10.2. The highest BCUT2D eigenvalue weighted by Gasteiger charge is 2.06. The van der Waals surface area contributed by atoms with Crippen molar-refractivity contribution in [3.63, 3.8) is 0 Å². The minimum atomic E-state index is 0.638. The number of nitrogens with one attached hydrogen (secondary N) is 2. The molecular weight excluding hydrogens is 254 g/mol. The van der Waals surface area contributed by atoms with Gasteiger partial charge in [-0.2, -0.15) is 5.10 Å². The minimum absolute atomic E-state index is 0.638. The maximum atomic E-state index is 5.40. The van der Waals surface area contributed by atoms with E-state index < -0.39 is 0 Å². The average Bonchev–Trinajstić information content (AvgIpc) is 2.96. The van der Waals surface area contributed by atoms with E-state index in [-0.39, 0.29) is 0 Å². The van der Waals surface area contributed by atoms with Crippen molar-refractivity contribution in [2.24, 2.45) is 0 Å². The van der Waals surface area contributed by atoms with Crippen molar-refractivity contribution in [3.8, 4) is 11.3 Å². The van der Waals surface area contributed by atoms with Crippen LogP contribution in [0, 0.1) is 0 Å². The molecule has 5 heteroatoms. The zero-order chi connectivity index (χ0) is 14.0. The van der Waals surface area contributed by atoms with Crippen molar-refractivity contribution in [3.05, 3.63) is 42.1 Å². The Labute approximate surface area is 119 Å². The van der Waals surface area contributed by atoms with E-state index in [0.717, 1.165) is 29.9 Å². The molecule has 108 valence electrons. The van der Waals surface area contributed by atoms with Crippen molar-refractivity contribution >= 4 is 0 Å². The van der Waals surface area contributed by atoms with Gasteiger partial charge in [0, 0.05) is 25.8 Å².